The minimum absolute atomic E-state index is 0.456. The van der Waals surface area contributed by atoms with E-state index in [1.807, 2.05) is 0 Å². The van der Waals surface area contributed by atoms with Crippen LogP contribution in [0.3, 0.4) is 0 Å². The van der Waals surface area contributed by atoms with Crippen LogP contribution in [0, 0.1) is 5.92 Å². The van der Waals surface area contributed by atoms with Crippen LogP contribution < -0.4 is 0 Å². The molecule has 1 fully saturated rings. The van der Waals surface area contributed by atoms with E-state index in [1.54, 1.807) is 0 Å². The number of rotatable bonds is 0. The zero-order chi connectivity index (χ0) is 10.7. The first kappa shape index (κ1) is 8.94. The fourth-order valence-corrected chi connectivity index (χ4v) is 3.73. The number of ketones is 1. The molecular formula is C14H14O2. The van der Waals surface area contributed by atoms with Crippen LogP contribution in [-0.4, -0.2) is 5.78 Å². The summed E-state index contributed by atoms with van der Waals surface area (Å²) in [5, 5.41) is 0. The van der Waals surface area contributed by atoms with Gasteiger partial charge in [-0.1, -0.05) is 12.1 Å². The van der Waals surface area contributed by atoms with Crippen molar-refractivity contribution in [3.05, 3.63) is 34.4 Å². The fourth-order valence-electron chi connectivity index (χ4n) is 3.73. The van der Waals surface area contributed by atoms with Gasteiger partial charge in [-0.05, 0) is 40.5 Å². The summed E-state index contributed by atoms with van der Waals surface area (Å²) in [7, 11) is 0. The summed E-state index contributed by atoms with van der Waals surface area (Å²) in [5.41, 5.74) is 5.70. The molecule has 1 heterocycles. The molecule has 0 aromatic heterocycles. The standard InChI is InChI=1S/C14H14O2/c15-11-4-10-3-8-1-2-9-6-16-7-13(9)14(8)12(10)5-11/h1-2,10,12H,3-7H2/t10-,12+/m0/s1. The van der Waals surface area contributed by atoms with Gasteiger partial charge in [0.25, 0.3) is 0 Å². The predicted molar refractivity (Wildman–Crippen MR) is 59.1 cm³/mol. The van der Waals surface area contributed by atoms with Crippen molar-refractivity contribution in [3.63, 3.8) is 0 Å². The average Bonchev–Trinajstić information content (AvgIpc) is 2.88. The van der Waals surface area contributed by atoms with E-state index in [4.69, 9.17) is 4.74 Å². The molecule has 2 atom stereocenters. The summed E-state index contributed by atoms with van der Waals surface area (Å²) in [6.45, 7) is 1.52. The Hall–Kier alpha value is -1.15. The van der Waals surface area contributed by atoms with Gasteiger partial charge in [0, 0.05) is 12.8 Å². The summed E-state index contributed by atoms with van der Waals surface area (Å²) >= 11 is 0. The molecule has 0 spiro atoms. The van der Waals surface area contributed by atoms with Crippen LogP contribution in [0.15, 0.2) is 12.1 Å². The van der Waals surface area contributed by atoms with Gasteiger partial charge >= 0.3 is 0 Å². The quantitative estimate of drug-likeness (QED) is 0.662. The van der Waals surface area contributed by atoms with Gasteiger partial charge in [-0.3, -0.25) is 4.79 Å². The minimum Gasteiger partial charge on any atom is -0.372 e. The predicted octanol–water partition coefficient (Wildman–Crippen LogP) is 2.34. The van der Waals surface area contributed by atoms with Gasteiger partial charge in [0.05, 0.1) is 13.2 Å². The molecule has 0 amide bonds. The largest absolute Gasteiger partial charge is 0.372 e. The van der Waals surface area contributed by atoms with E-state index < -0.39 is 0 Å². The van der Waals surface area contributed by atoms with Crippen molar-refractivity contribution in [2.75, 3.05) is 0 Å². The van der Waals surface area contributed by atoms with Crippen LogP contribution in [0.1, 0.15) is 41.0 Å². The van der Waals surface area contributed by atoms with Crippen molar-refractivity contribution in [2.24, 2.45) is 5.92 Å². The molecule has 2 aliphatic carbocycles. The highest BCUT2D eigenvalue weighted by atomic mass is 16.5. The highest BCUT2D eigenvalue weighted by Crippen LogP contribution is 2.49. The summed E-state index contributed by atoms with van der Waals surface area (Å²) in [6, 6.07) is 4.47. The Labute approximate surface area is 94.6 Å². The van der Waals surface area contributed by atoms with E-state index in [-0.39, 0.29) is 0 Å². The molecule has 0 bridgehead atoms. The van der Waals surface area contributed by atoms with Crippen molar-refractivity contribution in [1.29, 1.82) is 0 Å². The molecule has 0 N–H and O–H groups in total. The molecule has 1 aromatic rings. The number of hydrogen-bond donors (Lipinski definition) is 0. The van der Waals surface area contributed by atoms with E-state index in [9.17, 15) is 4.79 Å². The number of ether oxygens (including phenoxy) is 1. The fraction of sp³-hybridized carbons (Fsp3) is 0.500. The van der Waals surface area contributed by atoms with E-state index in [1.165, 1.54) is 22.3 Å². The third-order valence-electron chi connectivity index (χ3n) is 4.41. The molecule has 2 nitrogen and oxygen atoms in total. The second kappa shape index (κ2) is 2.95. The van der Waals surface area contributed by atoms with Crippen LogP contribution in [0.5, 0.6) is 0 Å². The lowest BCUT2D eigenvalue weighted by Gasteiger charge is -2.12. The molecule has 82 valence electrons. The number of carbonyl (C=O) groups is 1. The maximum atomic E-state index is 11.5. The van der Waals surface area contributed by atoms with Gasteiger partial charge < -0.3 is 4.74 Å². The third-order valence-corrected chi connectivity index (χ3v) is 4.41. The normalized spacial score (nSPS) is 30.4. The number of fused-ring (bicyclic) bond motifs is 5. The smallest absolute Gasteiger partial charge is 0.133 e. The van der Waals surface area contributed by atoms with Gasteiger partial charge in [0.2, 0.25) is 0 Å². The molecule has 0 unspecified atom stereocenters. The van der Waals surface area contributed by atoms with Crippen LogP contribution >= 0.6 is 0 Å². The van der Waals surface area contributed by atoms with Gasteiger partial charge in [0.15, 0.2) is 0 Å². The summed E-state index contributed by atoms with van der Waals surface area (Å²) < 4.78 is 5.53. The van der Waals surface area contributed by atoms with Crippen molar-refractivity contribution < 1.29 is 9.53 Å². The average molecular weight is 214 g/mol. The lowest BCUT2D eigenvalue weighted by atomic mass is 9.91. The molecule has 2 heteroatoms. The van der Waals surface area contributed by atoms with Crippen molar-refractivity contribution >= 4 is 5.78 Å². The zero-order valence-corrected chi connectivity index (χ0v) is 9.16. The minimum atomic E-state index is 0.456. The Balaban J connectivity index is 1.89. The van der Waals surface area contributed by atoms with E-state index in [2.05, 4.69) is 12.1 Å². The van der Waals surface area contributed by atoms with Gasteiger partial charge in [-0.25, -0.2) is 0 Å². The molecule has 0 saturated heterocycles. The lowest BCUT2D eigenvalue weighted by Crippen LogP contribution is -2.00. The second-order valence-electron chi connectivity index (χ2n) is 5.29. The molecule has 1 aromatic carbocycles. The van der Waals surface area contributed by atoms with Gasteiger partial charge in [0.1, 0.15) is 5.78 Å². The highest BCUT2D eigenvalue weighted by Gasteiger charge is 2.42. The van der Waals surface area contributed by atoms with E-state index in [0.717, 1.165) is 32.5 Å². The third kappa shape index (κ3) is 1.03. The van der Waals surface area contributed by atoms with Crippen molar-refractivity contribution in [3.8, 4) is 0 Å². The monoisotopic (exact) mass is 214 g/mol. The lowest BCUT2D eigenvalue weighted by molar-refractivity contribution is -0.117. The number of benzene rings is 1. The maximum Gasteiger partial charge on any atom is 0.133 e. The molecular weight excluding hydrogens is 200 g/mol. The first-order chi connectivity index (χ1) is 7.83. The molecule has 3 aliphatic rings. The topological polar surface area (TPSA) is 26.3 Å². The van der Waals surface area contributed by atoms with Crippen molar-refractivity contribution in [1.82, 2.24) is 0 Å². The summed E-state index contributed by atoms with van der Waals surface area (Å²) in [6.07, 6.45) is 2.68. The Morgan fingerprint density at radius 1 is 1.06 bits per heavy atom. The van der Waals surface area contributed by atoms with Gasteiger partial charge in [-0.2, -0.15) is 0 Å². The van der Waals surface area contributed by atoms with Crippen LogP contribution in [0.25, 0.3) is 0 Å². The molecule has 1 saturated carbocycles. The van der Waals surface area contributed by atoms with E-state index >= 15 is 0 Å². The maximum absolute atomic E-state index is 11.5. The van der Waals surface area contributed by atoms with Crippen LogP contribution in [0.2, 0.25) is 0 Å². The number of hydrogen-bond acceptors (Lipinski definition) is 2. The molecule has 4 rings (SSSR count). The van der Waals surface area contributed by atoms with Crippen LogP contribution in [-0.2, 0) is 29.2 Å². The molecule has 16 heavy (non-hydrogen) atoms. The summed E-state index contributed by atoms with van der Waals surface area (Å²) in [4.78, 5) is 11.5. The Morgan fingerprint density at radius 3 is 2.88 bits per heavy atom. The van der Waals surface area contributed by atoms with Crippen LogP contribution in [0.4, 0.5) is 0 Å². The number of carbonyl (C=O) groups excluding carboxylic acids is 1. The highest BCUT2D eigenvalue weighted by molar-refractivity contribution is 5.83. The molecule has 0 radical (unpaired) electrons. The first-order valence-corrected chi connectivity index (χ1v) is 6.06. The Bertz CT molecular complexity index is 490. The Morgan fingerprint density at radius 2 is 1.94 bits per heavy atom. The molecule has 1 aliphatic heterocycles. The summed E-state index contributed by atoms with van der Waals surface area (Å²) in [5.74, 6) is 1.56. The van der Waals surface area contributed by atoms with Gasteiger partial charge in [-0.15, -0.1) is 0 Å². The first-order valence-electron chi connectivity index (χ1n) is 6.06. The SMILES string of the molecule is O=C1C[C@@H]2Cc3ccc4c(c3[C@@H]2C1)COC4. The second-order valence-corrected chi connectivity index (χ2v) is 5.29. The zero-order valence-electron chi connectivity index (χ0n) is 9.16. The number of Topliss-reactive ketones (excluding diaryl/α,β-unsaturated/α-hetero) is 1. The Kier molecular flexibility index (Phi) is 1.65. The van der Waals surface area contributed by atoms with Crippen molar-refractivity contribution in [2.45, 2.75) is 38.4 Å². The van der Waals surface area contributed by atoms with E-state index in [0.29, 0.717) is 17.6 Å².